The largest absolute Gasteiger partial charge is 0.454 e. The van der Waals surface area contributed by atoms with Gasteiger partial charge in [-0.25, -0.2) is 0 Å². The van der Waals surface area contributed by atoms with E-state index in [2.05, 4.69) is 0 Å². The molecule has 0 aliphatic carbocycles. The summed E-state index contributed by atoms with van der Waals surface area (Å²) in [5.41, 5.74) is -0.0722. The molecule has 2 aromatic rings. The summed E-state index contributed by atoms with van der Waals surface area (Å²) in [5, 5.41) is 11.0. The Morgan fingerprint density at radius 1 is 1.14 bits per heavy atom. The Kier molecular flexibility index (Phi) is 3.15. The van der Waals surface area contributed by atoms with Crippen molar-refractivity contribution in [3.63, 3.8) is 0 Å². The second-order valence-electron chi connectivity index (χ2n) is 4.22. The minimum atomic E-state index is -0.602. The molecule has 21 heavy (non-hydrogen) atoms. The number of carbonyl (C=O) groups excluding carboxylic acids is 1. The van der Waals surface area contributed by atoms with Crippen LogP contribution in [0.4, 0.5) is 5.69 Å². The molecule has 3 rings (SSSR count). The molecule has 1 aliphatic rings. The van der Waals surface area contributed by atoms with Crippen LogP contribution < -0.4 is 14.2 Å². The van der Waals surface area contributed by atoms with Crippen molar-refractivity contribution in [1.82, 2.24) is 0 Å². The van der Waals surface area contributed by atoms with Gasteiger partial charge < -0.3 is 14.2 Å². The van der Waals surface area contributed by atoms with E-state index in [1.165, 1.54) is 12.1 Å². The zero-order valence-electron chi connectivity index (χ0n) is 10.6. The fraction of sp³-hybridized carbons (Fsp3) is 0.0714. The number of rotatable bonds is 4. The molecular weight excluding hydrogens is 278 g/mol. The lowest BCUT2D eigenvalue weighted by molar-refractivity contribution is -0.385. The Labute approximate surface area is 118 Å². The molecule has 7 nitrogen and oxygen atoms in total. The summed E-state index contributed by atoms with van der Waals surface area (Å²) in [6.07, 6.45) is 0.539. The van der Waals surface area contributed by atoms with E-state index in [9.17, 15) is 14.9 Å². The van der Waals surface area contributed by atoms with Crippen LogP contribution >= 0.6 is 0 Å². The smallest absolute Gasteiger partial charge is 0.312 e. The third-order valence-electron chi connectivity index (χ3n) is 2.89. The molecule has 106 valence electrons. The fourth-order valence-electron chi connectivity index (χ4n) is 1.90. The highest BCUT2D eigenvalue weighted by atomic mass is 16.7. The summed E-state index contributed by atoms with van der Waals surface area (Å²) in [4.78, 5) is 21.1. The van der Waals surface area contributed by atoms with E-state index in [0.717, 1.165) is 6.07 Å². The molecule has 0 spiro atoms. The molecule has 7 heteroatoms. The number of hydrogen-bond acceptors (Lipinski definition) is 6. The molecule has 1 heterocycles. The zero-order valence-corrected chi connectivity index (χ0v) is 10.6. The highest BCUT2D eigenvalue weighted by Gasteiger charge is 2.19. The van der Waals surface area contributed by atoms with Crippen molar-refractivity contribution >= 4 is 12.0 Å². The van der Waals surface area contributed by atoms with E-state index >= 15 is 0 Å². The van der Waals surface area contributed by atoms with Crippen LogP contribution in [0.3, 0.4) is 0 Å². The number of nitro benzene ring substituents is 1. The number of hydrogen-bond donors (Lipinski definition) is 0. The maximum atomic E-state index is 11.0. The van der Waals surface area contributed by atoms with Gasteiger partial charge in [0.2, 0.25) is 12.5 Å². The molecule has 2 aromatic carbocycles. The van der Waals surface area contributed by atoms with Crippen LogP contribution in [0.1, 0.15) is 10.4 Å². The monoisotopic (exact) mass is 287 g/mol. The van der Waals surface area contributed by atoms with Crippen molar-refractivity contribution in [3.05, 3.63) is 52.1 Å². The minimum absolute atomic E-state index is 0.0458. The summed E-state index contributed by atoms with van der Waals surface area (Å²) in [7, 11) is 0. The topological polar surface area (TPSA) is 87.9 Å². The molecule has 0 saturated heterocycles. The Balaban J connectivity index is 1.94. The molecule has 1 aliphatic heterocycles. The van der Waals surface area contributed by atoms with Gasteiger partial charge in [0, 0.05) is 17.7 Å². The zero-order chi connectivity index (χ0) is 14.8. The summed E-state index contributed by atoms with van der Waals surface area (Å²) >= 11 is 0. The van der Waals surface area contributed by atoms with Gasteiger partial charge in [0.05, 0.1) is 4.92 Å². The van der Waals surface area contributed by atoms with Crippen molar-refractivity contribution in [2.75, 3.05) is 6.79 Å². The predicted octanol–water partition coefficient (Wildman–Crippen LogP) is 2.93. The van der Waals surface area contributed by atoms with Gasteiger partial charge in [-0.1, -0.05) is 0 Å². The third kappa shape index (κ3) is 2.48. The lowest BCUT2D eigenvalue weighted by atomic mass is 10.2. The van der Waals surface area contributed by atoms with E-state index in [1.807, 2.05) is 0 Å². The first-order valence-electron chi connectivity index (χ1n) is 5.98. The number of benzene rings is 2. The van der Waals surface area contributed by atoms with Gasteiger partial charge in [-0.15, -0.1) is 0 Å². The lowest BCUT2D eigenvalue weighted by Gasteiger charge is -2.07. The van der Waals surface area contributed by atoms with E-state index in [4.69, 9.17) is 14.2 Å². The Hall–Kier alpha value is -3.09. The molecule has 0 unspecified atom stereocenters. The fourth-order valence-corrected chi connectivity index (χ4v) is 1.90. The molecule has 0 aromatic heterocycles. The first kappa shape index (κ1) is 12.9. The third-order valence-corrected chi connectivity index (χ3v) is 2.89. The maximum absolute atomic E-state index is 11.0. The maximum Gasteiger partial charge on any atom is 0.312 e. The standard InChI is InChI=1S/C14H9NO6/c16-7-9-1-3-12(11(5-9)15(17)18)21-10-2-4-13-14(6-10)20-8-19-13/h1-7H,8H2. The molecular formula is C14H9NO6. The van der Waals surface area contributed by atoms with Crippen LogP contribution in [0.2, 0.25) is 0 Å². The predicted molar refractivity (Wildman–Crippen MR) is 71.1 cm³/mol. The Bertz CT molecular complexity index is 727. The van der Waals surface area contributed by atoms with Crippen LogP contribution in [-0.2, 0) is 0 Å². The van der Waals surface area contributed by atoms with Crippen LogP contribution in [0, 0.1) is 10.1 Å². The number of ether oxygens (including phenoxy) is 3. The van der Waals surface area contributed by atoms with Crippen molar-refractivity contribution in [3.8, 4) is 23.0 Å². The van der Waals surface area contributed by atoms with E-state index < -0.39 is 4.92 Å². The van der Waals surface area contributed by atoms with Gasteiger partial charge >= 0.3 is 5.69 Å². The Morgan fingerprint density at radius 2 is 1.95 bits per heavy atom. The SMILES string of the molecule is O=Cc1ccc(Oc2ccc3c(c2)OCO3)c([N+](=O)[O-])c1. The number of aldehydes is 1. The summed E-state index contributed by atoms with van der Waals surface area (Å²) in [6, 6.07) is 8.85. The Morgan fingerprint density at radius 3 is 2.71 bits per heavy atom. The van der Waals surface area contributed by atoms with Gasteiger partial charge in [-0.3, -0.25) is 14.9 Å². The van der Waals surface area contributed by atoms with Crippen LogP contribution in [0.25, 0.3) is 0 Å². The summed E-state index contributed by atoms with van der Waals surface area (Å²) < 4.78 is 15.9. The quantitative estimate of drug-likeness (QED) is 0.488. The molecule has 0 saturated carbocycles. The van der Waals surface area contributed by atoms with Gasteiger partial charge in [0.15, 0.2) is 11.5 Å². The average Bonchev–Trinajstić information content (AvgIpc) is 2.95. The van der Waals surface area contributed by atoms with E-state index in [1.54, 1.807) is 18.2 Å². The van der Waals surface area contributed by atoms with Crippen LogP contribution in [0.15, 0.2) is 36.4 Å². The van der Waals surface area contributed by atoms with Gasteiger partial charge in [0.1, 0.15) is 12.0 Å². The average molecular weight is 287 g/mol. The summed E-state index contributed by atoms with van der Waals surface area (Å²) in [6.45, 7) is 0.132. The number of nitro groups is 1. The normalized spacial score (nSPS) is 12.0. The van der Waals surface area contributed by atoms with E-state index in [0.29, 0.717) is 23.5 Å². The lowest BCUT2D eigenvalue weighted by Crippen LogP contribution is -1.95. The first-order chi connectivity index (χ1) is 10.2. The highest BCUT2D eigenvalue weighted by molar-refractivity contribution is 5.77. The molecule has 0 bridgehead atoms. The van der Waals surface area contributed by atoms with Crippen molar-refractivity contribution < 1.29 is 23.9 Å². The number of fused-ring (bicyclic) bond motifs is 1. The molecule has 0 amide bonds. The minimum Gasteiger partial charge on any atom is -0.454 e. The van der Waals surface area contributed by atoms with Crippen LogP contribution in [0.5, 0.6) is 23.0 Å². The van der Waals surface area contributed by atoms with Crippen molar-refractivity contribution in [2.45, 2.75) is 0 Å². The first-order valence-corrected chi connectivity index (χ1v) is 5.98. The number of nitrogens with zero attached hydrogens (tertiary/aromatic N) is 1. The van der Waals surface area contributed by atoms with Crippen molar-refractivity contribution in [2.24, 2.45) is 0 Å². The van der Waals surface area contributed by atoms with Gasteiger partial charge in [-0.2, -0.15) is 0 Å². The van der Waals surface area contributed by atoms with Gasteiger partial charge in [0.25, 0.3) is 0 Å². The summed E-state index contributed by atoms with van der Waals surface area (Å²) in [5.74, 6) is 1.53. The second-order valence-corrected chi connectivity index (χ2v) is 4.22. The number of carbonyl (C=O) groups is 1. The molecule has 0 radical (unpaired) electrons. The van der Waals surface area contributed by atoms with Crippen molar-refractivity contribution in [1.29, 1.82) is 0 Å². The van der Waals surface area contributed by atoms with E-state index in [-0.39, 0.29) is 23.8 Å². The second kappa shape index (κ2) is 5.12. The van der Waals surface area contributed by atoms with Gasteiger partial charge in [-0.05, 0) is 24.3 Å². The highest BCUT2D eigenvalue weighted by Crippen LogP contribution is 2.38. The van der Waals surface area contributed by atoms with Crippen LogP contribution in [-0.4, -0.2) is 18.0 Å². The molecule has 0 fully saturated rings. The molecule has 0 atom stereocenters. The molecule has 0 N–H and O–H groups in total.